The van der Waals surface area contributed by atoms with E-state index in [-0.39, 0.29) is 30.7 Å². The zero-order valence-corrected chi connectivity index (χ0v) is 13.6. The molecule has 0 amide bonds. The number of hydrogen-bond acceptors (Lipinski definition) is 7. The van der Waals surface area contributed by atoms with E-state index in [0.29, 0.717) is 23.1 Å². The lowest BCUT2D eigenvalue weighted by Gasteiger charge is -2.18. The number of nitrogens with one attached hydrogen (secondary N) is 1. The van der Waals surface area contributed by atoms with E-state index in [9.17, 15) is 13.5 Å². The third-order valence-electron chi connectivity index (χ3n) is 3.87. The topological polar surface area (TPSA) is 132 Å². The van der Waals surface area contributed by atoms with Crippen LogP contribution in [0.25, 0.3) is 11.0 Å². The molecule has 3 unspecified atom stereocenters. The summed E-state index contributed by atoms with van der Waals surface area (Å²) in [4.78, 5) is 8.14. The number of aromatic nitrogens is 3. The van der Waals surface area contributed by atoms with E-state index in [4.69, 9.17) is 10.5 Å². The van der Waals surface area contributed by atoms with Crippen LogP contribution in [0.5, 0.6) is 0 Å². The normalized spacial score (nSPS) is 25.1. The lowest BCUT2D eigenvalue weighted by Crippen LogP contribution is -2.15. The number of fused-ring (bicyclic) bond motifs is 1. The minimum absolute atomic E-state index is 0.0639. The van der Waals surface area contributed by atoms with Gasteiger partial charge in [-0.25, -0.2) is 18.4 Å². The number of nitrogens with two attached hydrogens (primary N) is 1. The van der Waals surface area contributed by atoms with Crippen LogP contribution in [0.3, 0.4) is 0 Å². The molecule has 9 nitrogen and oxygen atoms in total. The van der Waals surface area contributed by atoms with Gasteiger partial charge in [-0.2, -0.15) is 0 Å². The summed E-state index contributed by atoms with van der Waals surface area (Å²) in [5.41, 5.74) is 6.69. The van der Waals surface area contributed by atoms with Crippen LogP contribution in [0.15, 0.2) is 12.5 Å². The highest BCUT2D eigenvalue weighted by Gasteiger charge is 2.34. The third-order valence-corrected chi connectivity index (χ3v) is 4.46. The quantitative estimate of drug-likeness (QED) is 0.728. The summed E-state index contributed by atoms with van der Waals surface area (Å²) in [6, 6.07) is 0. The van der Waals surface area contributed by atoms with Crippen molar-refractivity contribution in [2.45, 2.75) is 25.7 Å². The smallest absolute Gasteiger partial charge is 0.229 e. The number of sulfonamides is 1. The molecule has 23 heavy (non-hydrogen) atoms. The Morgan fingerprint density at radius 1 is 1.52 bits per heavy atom. The highest BCUT2D eigenvalue weighted by atomic mass is 32.2. The average Bonchev–Trinajstić information content (AvgIpc) is 2.99. The fourth-order valence-corrected chi connectivity index (χ4v) is 3.51. The molecule has 0 radical (unpaired) electrons. The van der Waals surface area contributed by atoms with E-state index in [1.54, 1.807) is 10.8 Å². The van der Waals surface area contributed by atoms with Gasteiger partial charge in [0.2, 0.25) is 10.0 Å². The summed E-state index contributed by atoms with van der Waals surface area (Å²) in [5.74, 6) is 0.314. The molecule has 0 aliphatic carbocycles. The number of aliphatic hydroxyl groups excluding tert-OH is 1. The van der Waals surface area contributed by atoms with Crippen LogP contribution in [-0.2, 0) is 14.8 Å². The van der Waals surface area contributed by atoms with Gasteiger partial charge in [0.1, 0.15) is 24.0 Å². The Morgan fingerprint density at radius 3 is 2.87 bits per heavy atom. The first-order valence-electron chi connectivity index (χ1n) is 7.15. The van der Waals surface area contributed by atoms with Crippen molar-refractivity contribution in [3.8, 4) is 0 Å². The fourth-order valence-electron chi connectivity index (χ4n) is 2.95. The maximum atomic E-state index is 11.6. The van der Waals surface area contributed by atoms with Crippen molar-refractivity contribution in [1.82, 2.24) is 14.5 Å². The van der Waals surface area contributed by atoms with Gasteiger partial charge in [0.25, 0.3) is 0 Å². The van der Waals surface area contributed by atoms with Crippen molar-refractivity contribution in [2.24, 2.45) is 5.92 Å². The second-order valence-electron chi connectivity index (χ2n) is 5.83. The Labute approximate surface area is 133 Å². The first-order chi connectivity index (χ1) is 10.8. The minimum atomic E-state index is -3.48. The first-order valence-corrected chi connectivity index (χ1v) is 9.04. The molecule has 1 aliphatic rings. The van der Waals surface area contributed by atoms with E-state index in [1.807, 2.05) is 6.92 Å². The molecule has 10 heteroatoms. The Morgan fingerprint density at radius 2 is 2.26 bits per heavy atom. The summed E-state index contributed by atoms with van der Waals surface area (Å²) in [6.07, 6.45) is 4.08. The molecule has 2 aromatic heterocycles. The van der Waals surface area contributed by atoms with E-state index < -0.39 is 10.0 Å². The van der Waals surface area contributed by atoms with Gasteiger partial charge in [-0.1, -0.05) is 6.92 Å². The van der Waals surface area contributed by atoms with Gasteiger partial charge in [-0.05, 0) is 6.42 Å². The Balaban J connectivity index is 2.13. The lowest BCUT2D eigenvalue weighted by atomic mass is 10.1. The Bertz CT molecular complexity index is 834. The van der Waals surface area contributed by atoms with E-state index in [0.717, 1.165) is 6.26 Å². The zero-order chi connectivity index (χ0) is 16.8. The summed E-state index contributed by atoms with van der Waals surface area (Å²) in [5, 5.41) is 9.72. The molecule has 3 rings (SSSR count). The molecule has 3 atom stereocenters. The maximum absolute atomic E-state index is 11.6. The second kappa shape index (κ2) is 5.62. The fraction of sp³-hybridized carbons (Fsp3) is 0.538. The number of rotatable bonds is 4. The first kappa shape index (κ1) is 16.0. The largest absolute Gasteiger partial charge is 0.394 e. The van der Waals surface area contributed by atoms with E-state index >= 15 is 0 Å². The predicted octanol–water partition coefficient (Wildman–Crippen LogP) is 0.301. The van der Waals surface area contributed by atoms with Crippen molar-refractivity contribution in [3.63, 3.8) is 0 Å². The van der Waals surface area contributed by atoms with Gasteiger partial charge >= 0.3 is 0 Å². The molecule has 0 aromatic carbocycles. The molecule has 126 valence electrons. The highest BCUT2D eigenvalue weighted by Crippen LogP contribution is 2.39. The summed E-state index contributed by atoms with van der Waals surface area (Å²) in [6.45, 7) is 1.94. The number of anilines is 2. The molecule has 1 fully saturated rings. The SMILES string of the molecule is CC1CC(CO)OC1n1cc(NS(C)(=O)=O)c2c(N)ncnc21. The number of hydrogen-bond donors (Lipinski definition) is 3. The molecular weight excluding hydrogens is 322 g/mol. The molecule has 1 saturated heterocycles. The zero-order valence-electron chi connectivity index (χ0n) is 12.8. The van der Waals surface area contributed by atoms with Gasteiger partial charge in [-0.3, -0.25) is 4.72 Å². The third kappa shape index (κ3) is 2.96. The van der Waals surface area contributed by atoms with Gasteiger partial charge in [0, 0.05) is 12.1 Å². The Hall–Kier alpha value is -1.91. The van der Waals surface area contributed by atoms with E-state index in [2.05, 4.69) is 14.7 Å². The van der Waals surface area contributed by atoms with Crippen LogP contribution in [0.2, 0.25) is 0 Å². The van der Waals surface area contributed by atoms with Gasteiger partial charge in [-0.15, -0.1) is 0 Å². The molecule has 0 spiro atoms. The van der Waals surface area contributed by atoms with Crippen molar-refractivity contribution < 1.29 is 18.3 Å². The van der Waals surface area contributed by atoms with Crippen LogP contribution >= 0.6 is 0 Å². The van der Waals surface area contributed by atoms with E-state index in [1.165, 1.54) is 6.33 Å². The summed E-state index contributed by atoms with van der Waals surface area (Å²) >= 11 is 0. The monoisotopic (exact) mass is 341 g/mol. The van der Waals surface area contributed by atoms with Crippen molar-refractivity contribution >= 4 is 32.6 Å². The predicted molar refractivity (Wildman–Crippen MR) is 85.2 cm³/mol. The standard InChI is InChI=1S/C13H19N5O4S/c1-7-3-8(5-19)22-13(7)18-4-9(17-23(2,20)21)10-11(14)15-6-16-12(10)18/h4,6-8,13,17,19H,3,5H2,1-2H3,(H2,14,15,16). The molecule has 0 bridgehead atoms. The van der Waals surface area contributed by atoms with Gasteiger partial charge in [0.15, 0.2) is 0 Å². The van der Waals surface area contributed by atoms with Crippen molar-refractivity contribution in [2.75, 3.05) is 23.3 Å². The van der Waals surface area contributed by atoms with Crippen molar-refractivity contribution in [1.29, 1.82) is 0 Å². The highest BCUT2D eigenvalue weighted by molar-refractivity contribution is 7.92. The van der Waals surface area contributed by atoms with Crippen LogP contribution in [-0.4, -0.2) is 47.0 Å². The number of nitrogen functional groups attached to an aromatic ring is 1. The van der Waals surface area contributed by atoms with Gasteiger partial charge < -0.3 is 20.1 Å². The van der Waals surface area contributed by atoms with Crippen LogP contribution in [0.4, 0.5) is 11.5 Å². The van der Waals surface area contributed by atoms with Crippen LogP contribution < -0.4 is 10.5 Å². The van der Waals surface area contributed by atoms with Gasteiger partial charge in [0.05, 0.1) is 30.0 Å². The molecule has 2 aromatic rings. The molecule has 1 aliphatic heterocycles. The molecule has 0 saturated carbocycles. The van der Waals surface area contributed by atoms with Crippen LogP contribution in [0, 0.1) is 5.92 Å². The second-order valence-corrected chi connectivity index (χ2v) is 7.57. The van der Waals surface area contributed by atoms with Crippen molar-refractivity contribution in [3.05, 3.63) is 12.5 Å². The van der Waals surface area contributed by atoms with Crippen LogP contribution in [0.1, 0.15) is 19.6 Å². The summed E-state index contributed by atoms with van der Waals surface area (Å²) in [7, 11) is -3.48. The molecule has 3 heterocycles. The Kier molecular flexibility index (Phi) is 3.90. The number of aliphatic hydroxyl groups is 1. The maximum Gasteiger partial charge on any atom is 0.229 e. The number of nitrogens with zero attached hydrogens (tertiary/aromatic N) is 3. The lowest BCUT2D eigenvalue weighted by molar-refractivity contribution is -0.0291. The minimum Gasteiger partial charge on any atom is -0.394 e. The average molecular weight is 341 g/mol. The molecular formula is C13H19N5O4S. The number of ether oxygens (including phenoxy) is 1. The molecule has 4 N–H and O–H groups in total. The summed E-state index contributed by atoms with van der Waals surface area (Å²) < 4.78 is 33.2.